The number of halogens is 4. The van der Waals surface area contributed by atoms with Crippen molar-refractivity contribution in [3.63, 3.8) is 0 Å². The van der Waals surface area contributed by atoms with E-state index in [0.717, 1.165) is 22.4 Å². The van der Waals surface area contributed by atoms with Gasteiger partial charge in [-0.2, -0.15) is 5.10 Å². The molecular formula is C22H14Cl2F2N2O. The molecule has 0 N–H and O–H groups in total. The van der Waals surface area contributed by atoms with Gasteiger partial charge in [0.05, 0.1) is 16.8 Å². The molecule has 2 heterocycles. The second kappa shape index (κ2) is 7.01. The number of hydrogen-bond acceptors (Lipinski definition) is 3. The fourth-order valence-corrected chi connectivity index (χ4v) is 4.33. The van der Waals surface area contributed by atoms with Gasteiger partial charge < -0.3 is 4.74 Å². The minimum atomic E-state index is -0.579. The van der Waals surface area contributed by atoms with Crippen LogP contribution in [0.1, 0.15) is 35.4 Å². The SMILES string of the molecule is Fc1ccc(C2=NN3C(C2)c2cc(Cl)cc(Cl)c2OC3c2ccc(F)cc2)cc1. The molecule has 0 saturated heterocycles. The van der Waals surface area contributed by atoms with E-state index in [9.17, 15) is 8.78 Å². The Hall–Kier alpha value is -2.63. The highest BCUT2D eigenvalue weighted by Crippen LogP contribution is 2.50. The molecule has 0 fully saturated rings. The van der Waals surface area contributed by atoms with Crippen molar-refractivity contribution >= 4 is 28.9 Å². The number of benzene rings is 3. The topological polar surface area (TPSA) is 24.8 Å². The first-order valence-corrected chi connectivity index (χ1v) is 9.78. The summed E-state index contributed by atoms with van der Waals surface area (Å²) in [6, 6.07) is 15.6. The minimum Gasteiger partial charge on any atom is -0.463 e. The first-order chi connectivity index (χ1) is 14.0. The van der Waals surface area contributed by atoms with Crippen molar-refractivity contribution in [3.8, 4) is 5.75 Å². The Morgan fingerprint density at radius 1 is 0.931 bits per heavy atom. The fourth-order valence-electron chi connectivity index (χ4n) is 3.78. The summed E-state index contributed by atoms with van der Waals surface area (Å²) in [6.45, 7) is 0. The Bertz CT molecular complexity index is 1120. The molecule has 0 bridgehead atoms. The summed E-state index contributed by atoms with van der Waals surface area (Å²) in [5.74, 6) is -0.0908. The van der Waals surface area contributed by atoms with Gasteiger partial charge in [-0.3, -0.25) is 0 Å². The van der Waals surface area contributed by atoms with Crippen LogP contribution in [-0.4, -0.2) is 10.7 Å². The first kappa shape index (κ1) is 18.4. The van der Waals surface area contributed by atoms with Gasteiger partial charge in [0, 0.05) is 22.6 Å². The zero-order chi connectivity index (χ0) is 20.1. The molecule has 7 heteroatoms. The van der Waals surface area contributed by atoms with Crippen LogP contribution in [-0.2, 0) is 0 Å². The smallest absolute Gasteiger partial charge is 0.213 e. The van der Waals surface area contributed by atoms with Gasteiger partial charge in [-0.1, -0.05) is 47.5 Å². The molecule has 3 aromatic rings. The number of ether oxygens (including phenoxy) is 1. The lowest BCUT2D eigenvalue weighted by Gasteiger charge is -2.38. The fraction of sp³-hybridized carbons (Fsp3) is 0.136. The average Bonchev–Trinajstić information content (AvgIpc) is 3.14. The van der Waals surface area contributed by atoms with Crippen LogP contribution >= 0.6 is 23.2 Å². The van der Waals surface area contributed by atoms with Crippen LogP contribution in [0.15, 0.2) is 65.8 Å². The second-order valence-corrected chi connectivity index (χ2v) is 7.82. The summed E-state index contributed by atoms with van der Waals surface area (Å²) in [7, 11) is 0. The normalized spacial score (nSPS) is 20.0. The Morgan fingerprint density at radius 2 is 1.59 bits per heavy atom. The Morgan fingerprint density at radius 3 is 2.28 bits per heavy atom. The second-order valence-electron chi connectivity index (χ2n) is 6.98. The highest BCUT2D eigenvalue weighted by molar-refractivity contribution is 6.35. The van der Waals surface area contributed by atoms with Gasteiger partial charge in [-0.05, 0) is 42.0 Å². The van der Waals surface area contributed by atoms with E-state index in [0.29, 0.717) is 22.2 Å². The van der Waals surface area contributed by atoms with Crippen molar-refractivity contribution in [2.75, 3.05) is 0 Å². The van der Waals surface area contributed by atoms with Crippen molar-refractivity contribution in [1.29, 1.82) is 0 Å². The largest absolute Gasteiger partial charge is 0.463 e. The number of rotatable bonds is 2. The number of nitrogens with zero attached hydrogens (tertiary/aromatic N) is 2. The Kier molecular flexibility index (Phi) is 4.45. The maximum absolute atomic E-state index is 13.4. The number of fused-ring (bicyclic) bond motifs is 3. The Labute approximate surface area is 176 Å². The maximum atomic E-state index is 13.4. The minimum absolute atomic E-state index is 0.162. The van der Waals surface area contributed by atoms with Gasteiger partial charge in [0.2, 0.25) is 6.23 Å². The highest BCUT2D eigenvalue weighted by atomic mass is 35.5. The monoisotopic (exact) mass is 430 g/mol. The third kappa shape index (κ3) is 3.24. The first-order valence-electron chi connectivity index (χ1n) is 9.02. The predicted molar refractivity (Wildman–Crippen MR) is 108 cm³/mol. The van der Waals surface area contributed by atoms with Crippen molar-refractivity contribution < 1.29 is 13.5 Å². The van der Waals surface area contributed by atoms with Gasteiger partial charge in [-0.25, -0.2) is 13.8 Å². The van der Waals surface area contributed by atoms with E-state index in [-0.39, 0.29) is 17.7 Å². The molecule has 29 heavy (non-hydrogen) atoms. The van der Waals surface area contributed by atoms with Crippen LogP contribution in [0, 0.1) is 11.6 Å². The quantitative estimate of drug-likeness (QED) is 0.462. The van der Waals surface area contributed by atoms with Crippen LogP contribution in [0.25, 0.3) is 0 Å². The molecule has 2 aliphatic rings. The molecular weight excluding hydrogens is 417 g/mol. The van der Waals surface area contributed by atoms with Gasteiger partial charge in [0.25, 0.3) is 0 Å². The van der Waals surface area contributed by atoms with Crippen molar-refractivity contribution in [2.24, 2.45) is 5.10 Å². The Balaban J connectivity index is 1.62. The van der Waals surface area contributed by atoms with E-state index < -0.39 is 6.23 Å². The summed E-state index contributed by atoms with van der Waals surface area (Å²) < 4.78 is 33.0. The van der Waals surface area contributed by atoms with Crippen molar-refractivity contribution in [1.82, 2.24) is 5.01 Å². The highest BCUT2D eigenvalue weighted by Gasteiger charge is 2.42. The van der Waals surface area contributed by atoms with Gasteiger partial charge >= 0.3 is 0 Å². The van der Waals surface area contributed by atoms with Crippen LogP contribution in [0.3, 0.4) is 0 Å². The van der Waals surface area contributed by atoms with Crippen LogP contribution < -0.4 is 4.74 Å². The molecule has 0 aliphatic carbocycles. The van der Waals surface area contributed by atoms with E-state index in [1.54, 1.807) is 30.3 Å². The van der Waals surface area contributed by atoms with Gasteiger partial charge in [0.15, 0.2) is 0 Å². The molecule has 0 radical (unpaired) electrons. The molecule has 3 aromatic carbocycles. The molecule has 0 saturated carbocycles. The molecule has 2 atom stereocenters. The van der Waals surface area contributed by atoms with Crippen LogP contribution in [0.4, 0.5) is 8.78 Å². The lowest BCUT2D eigenvalue weighted by molar-refractivity contribution is -0.0189. The molecule has 0 aromatic heterocycles. The van der Waals surface area contributed by atoms with E-state index >= 15 is 0 Å². The molecule has 2 unspecified atom stereocenters. The molecule has 2 aliphatic heterocycles. The zero-order valence-electron chi connectivity index (χ0n) is 14.9. The average molecular weight is 431 g/mol. The number of hydrogen-bond donors (Lipinski definition) is 0. The third-order valence-electron chi connectivity index (χ3n) is 5.14. The summed E-state index contributed by atoms with van der Waals surface area (Å²) in [5, 5.41) is 7.52. The zero-order valence-corrected chi connectivity index (χ0v) is 16.5. The molecule has 3 nitrogen and oxygen atoms in total. The van der Waals surface area contributed by atoms with Gasteiger partial charge in [-0.15, -0.1) is 0 Å². The maximum Gasteiger partial charge on any atom is 0.213 e. The molecule has 146 valence electrons. The van der Waals surface area contributed by atoms with Gasteiger partial charge in [0.1, 0.15) is 17.4 Å². The molecule has 5 rings (SSSR count). The van der Waals surface area contributed by atoms with Crippen LogP contribution in [0.5, 0.6) is 5.75 Å². The van der Waals surface area contributed by atoms with E-state index in [1.165, 1.54) is 24.3 Å². The third-order valence-corrected chi connectivity index (χ3v) is 5.64. The summed E-state index contributed by atoms with van der Waals surface area (Å²) in [6.07, 6.45) is 0.000761. The molecule has 0 spiro atoms. The van der Waals surface area contributed by atoms with E-state index in [4.69, 9.17) is 33.0 Å². The molecule has 0 amide bonds. The van der Waals surface area contributed by atoms with Crippen molar-refractivity contribution in [3.05, 3.63) is 99.0 Å². The summed E-state index contributed by atoms with van der Waals surface area (Å²) in [5.41, 5.74) is 3.21. The summed E-state index contributed by atoms with van der Waals surface area (Å²) in [4.78, 5) is 0. The lowest BCUT2D eigenvalue weighted by Crippen LogP contribution is -2.33. The summed E-state index contributed by atoms with van der Waals surface area (Å²) >= 11 is 12.7. The number of hydrazone groups is 1. The van der Waals surface area contributed by atoms with Crippen molar-refractivity contribution in [2.45, 2.75) is 18.7 Å². The standard InChI is InChI=1S/C22H14Cl2F2N2O/c23-14-9-17-20-11-19(12-1-5-15(25)6-2-12)27-28(20)22(29-21(17)18(24)10-14)13-3-7-16(26)8-4-13/h1-10,20,22H,11H2. The van der Waals surface area contributed by atoms with Crippen LogP contribution in [0.2, 0.25) is 10.0 Å². The van der Waals surface area contributed by atoms with E-state index in [1.807, 2.05) is 11.1 Å². The van der Waals surface area contributed by atoms with E-state index in [2.05, 4.69) is 0 Å². The lowest BCUT2D eigenvalue weighted by atomic mass is 9.96. The predicted octanol–water partition coefficient (Wildman–Crippen LogP) is 6.51.